The quantitative estimate of drug-likeness (QED) is 0.872. The van der Waals surface area contributed by atoms with E-state index < -0.39 is 0 Å². The maximum absolute atomic E-state index is 3.82. The third-order valence-corrected chi connectivity index (χ3v) is 5.42. The highest BCUT2D eigenvalue weighted by Crippen LogP contribution is 2.30. The van der Waals surface area contributed by atoms with Gasteiger partial charge >= 0.3 is 0 Å². The molecule has 1 aliphatic rings. The van der Waals surface area contributed by atoms with E-state index in [0.29, 0.717) is 12.1 Å². The molecule has 0 heterocycles. The predicted octanol–water partition coefficient (Wildman–Crippen LogP) is 4.24. The Balaban J connectivity index is 2.02. The number of aryl methyl sites for hydroxylation is 2. The summed E-state index contributed by atoms with van der Waals surface area (Å²) in [5, 5.41) is 4.63. The second-order valence-corrected chi connectivity index (χ2v) is 6.62. The minimum Gasteiger partial charge on any atom is -0.306 e. The normalized spacial score (nSPS) is 25.3. The minimum absolute atomic E-state index is 0.460. The molecule has 18 heavy (non-hydrogen) atoms. The van der Waals surface area contributed by atoms with Crippen LogP contribution in [0.1, 0.15) is 48.9 Å². The molecule has 1 aromatic rings. The Labute approximate surface area is 116 Å². The Morgan fingerprint density at radius 3 is 2.67 bits per heavy atom. The Bertz CT molecular complexity index is 402. The zero-order chi connectivity index (χ0) is 13.1. The molecule has 0 spiro atoms. The van der Waals surface area contributed by atoms with Crippen molar-refractivity contribution in [1.29, 1.82) is 0 Å². The van der Waals surface area contributed by atoms with Crippen molar-refractivity contribution in [1.82, 2.24) is 5.32 Å². The average Bonchev–Trinajstić information content (AvgIpc) is 2.79. The molecule has 1 N–H and O–H groups in total. The van der Waals surface area contributed by atoms with Crippen molar-refractivity contribution >= 4 is 11.8 Å². The van der Waals surface area contributed by atoms with Crippen LogP contribution in [0.2, 0.25) is 0 Å². The first-order chi connectivity index (χ1) is 8.61. The standard InChI is InChI=1S/C16H25NS/c1-11-8-9-14(10-12(11)2)13(3)17-15-6-5-7-16(15)18-4/h8-10,13,15-17H,5-7H2,1-4H3. The molecule has 1 aliphatic carbocycles. The summed E-state index contributed by atoms with van der Waals surface area (Å²) >= 11 is 2.02. The maximum Gasteiger partial charge on any atom is 0.0294 e. The second-order valence-electron chi connectivity index (χ2n) is 5.54. The van der Waals surface area contributed by atoms with E-state index in [0.717, 1.165) is 5.25 Å². The van der Waals surface area contributed by atoms with Crippen LogP contribution in [-0.4, -0.2) is 17.5 Å². The number of hydrogen-bond acceptors (Lipinski definition) is 2. The molecule has 3 atom stereocenters. The van der Waals surface area contributed by atoms with E-state index >= 15 is 0 Å². The largest absolute Gasteiger partial charge is 0.306 e. The van der Waals surface area contributed by atoms with E-state index in [2.05, 4.69) is 50.5 Å². The molecule has 2 heteroatoms. The van der Waals surface area contributed by atoms with Crippen LogP contribution in [0.25, 0.3) is 0 Å². The topological polar surface area (TPSA) is 12.0 Å². The van der Waals surface area contributed by atoms with E-state index in [1.807, 2.05) is 11.8 Å². The van der Waals surface area contributed by atoms with Crippen LogP contribution in [0.4, 0.5) is 0 Å². The summed E-state index contributed by atoms with van der Waals surface area (Å²) in [7, 11) is 0. The van der Waals surface area contributed by atoms with Gasteiger partial charge in [-0.25, -0.2) is 0 Å². The third-order valence-electron chi connectivity index (χ3n) is 4.25. The summed E-state index contributed by atoms with van der Waals surface area (Å²) in [4.78, 5) is 0. The number of rotatable bonds is 4. The Kier molecular flexibility index (Phi) is 4.74. The summed E-state index contributed by atoms with van der Waals surface area (Å²) < 4.78 is 0. The first-order valence-electron chi connectivity index (χ1n) is 6.98. The van der Waals surface area contributed by atoms with E-state index in [1.54, 1.807) is 0 Å². The summed E-state index contributed by atoms with van der Waals surface area (Å²) in [5.41, 5.74) is 4.20. The lowest BCUT2D eigenvalue weighted by Gasteiger charge is -2.24. The number of thioether (sulfide) groups is 1. The smallest absolute Gasteiger partial charge is 0.0294 e. The van der Waals surface area contributed by atoms with Gasteiger partial charge in [-0.1, -0.05) is 24.6 Å². The molecule has 2 rings (SSSR count). The molecule has 1 fully saturated rings. The first-order valence-corrected chi connectivity index (χ1v) is 8.26. The molecular formula is C16H25NS. The van der Waals surface area contributed by atoms with Gasteiger partial charge in [-0.15, -0.1) is 0 Å². The second kappa shape index (κ2) is 6.12. The molecule has 100 valence electrons. The lowest BCUT2D eigenvalue weighted by molar-refractivity contribution is 0.467. The molecule has 1 nitrogen and oxygen atoms in total. The van der Waals surface area contributed by atoms with Gasteiger partial charge in [-0.3, -0.25) is 0 Å². The van der Waals surface area contributed by atoms with E-state index in [-0.39, 0.29) is 0 Å². The van der Waals surface area contributed by atoms with Crippen molar-refractivity contribution in [2.75, 3.05) is 6.26 Å². The summed E-state index contributed by atoms with van der Waals surface area (Å²) in [6, 6.07) is 7.99. The van der Waals surface area contributed by atoms with Crippen molar-refractivity contribution in [3.8, 4) is 0 Å². The van der Waals surface area contributed by atoms with Crippen LogP contribution in [0.5, 0.6) is 0 Å². The van der Waals surface area contributed by atoms with Crippen molar-refractivity contribution in [2.45, 2.75) is 57.4 Å². The summed E-state index contributed by atoms with van der Waals surface area (Å²) in [6.45, 7) is 6.67. The third kappa shape index (κ3) is 3.10. The van der Waals surface area contributed by atoms with Crippen molar-refractivity contribution in [3.63, 3.8) is 0 Å². The first kappa shape index (κ1) is 14.0. The van der Waals surface area contributed by atoms with Crippen LogP contribution in [0.15, 0.2) is 18.2 Å². The van der Waals surface area contributed by atoms with Crippen LogP contribution in [0, 0.1) is 13.8 Å². The lowest BCUT2D eigenvalue weighted by Crippen LogP contribution is -2.35. The zero-order valence-electron chi connectivity index (χ0n) is 12.0. The molecule has 1 saturated carbocycles. The Hall–Kier alpha value is -0.470. The van der Waals surface area contributed by atoms with Crippen molar-refractivity contribution in [3.05, 3.63) is 34.9 Å². The summed E-state index contributed by atoms with van der Waals surface area (Å²) in [6.07, 6.45) is 6.33. The fraction of sp³-hybridized carbons (Fsp3) is 0.625. The van der Waals surface area contributed by atoms with E-state index in [1.165, 1.54) is 36.0 Å². The molecule has 0 radical (unpaired) electrons. The summed E-state index contributed by atoms with van der Waals surface area (Å²) in [5.74, 6) is 0. The maximum atomic E-state index is 3.82. The fourth-order valence-electron chi connectivity index (χ4n) is 2.85. The molecular weight excluding hydrogens is 238 g/mol. The van der Waals surface area contributed by atoms with E-state index in [4.69, 9.17) is 0 Å². The highest BCUT2D eigenvalue weighted by Gasteiger charge is 2.27. The molecule has 0 saturated heterocycles. The highest BCUT2D eigenvalue weighted by molar-refractivity contribution is 7.99. The van der Waals surface area contributed by atoms with Crippen molar-refractivity contribution < 1.29 is 0 Å². The van der Waals surface area contributed by atoms with E-state index in [9.17, 15) is 0 Å². The van der Waals surface area contributed by atoms with Crippen LogP contribution >= 0.6 is 11.8 Å². The van der Waals surface area contributed by atoms with Crippen LogP contribution in [-0.2, 0) is 0 Å². The average molecular weight is 263 g/mol. The minimum atomic E-state index is 0.460. The molecule has 0 aliphatic heterocycles. The predicted molar refractivity (Wildman–Crippen MR) is 82.4 cm³/mol. The lowest BCUT2D eigenvalue weighted by atomic mass is 10.0. The molecule has 3 unspecified atom stereocenters. The van der Waals surface area contributed by atoms with Gasteiger partial charge in [-0.2, -0.15) is 11.8 Å². The Morgan fingerprint density at radius 2 is 2.00 bits per heavy atom. The van der Waals surface area contributed by atoms with Gasteiger partial charge in [0, 0.05) is 17.3 Å². The van der Waals surface area contributed by atoms with Gasteiger partial charge in [0.1, 0.15) is 0 Å². The molecule has 0 bridgehead atoms. The van der Waals surface area contributed by atoms with Gasteiger partial charge < -0.3 is 5.32 Å². The number of benzene rings is 1. The van der Waals surface area contributed by atoms with Gasteiger partial charge in [0.05, 0.1) is 0 Å². The number of hydrogen-bond donors (Lipinski definition) is 1. The SMILES string of the molecule is CSC1CCCC1NC(C)c1ccc(C)c(C)c1. The highest BCUT2D eigenvalue weighted by atomic mass is 32.2. The van der Waals surface area contributed by atoms with Crippen LogP contribution < -0.4 is 5.32 Å². The van der Waals surface area contributed by atoms with Gasteiger partial charge in [0.15, 0.2) is 0 Å². The molecule has 0 aromatic heterocycles. The van der Waals surface area contributed by atoms with Crippen molar-refractivity contribution in [2.24, 2.45) is 0 Å². The van der Waals surface area contributed by atoms with Gasteiger partial charge in [0.2, 0.25) is 0 Å². The molecule has 1 aromatic carbocycles. The number of nitrogens with one attached hydrogen (secondary N) is 1. The van der Waals surface area contributed by atoms with Crippen LogP contribution in [0.3, 0.4) is 0 Å². The fourth-order valence-corrected chi connectivity index (χ4v) is 3.80. The zero-order valence-corrected chi connectivity index (χ0v) is 12.8. The monoisotopic (exact) mass is 263 g/mol. The van der Waals surface area contributed by atoms with Gasteiger partial charge in [0.25, 0.3) is 0 Å². The Morgan fingerprint density at radius 1 is 1.22 bits per heavy atom. The van der Waals surface area contributed by atoms with Gasteiger partial charge in [-0.05, 0) is 56.6 Å². The molecule has 0 amide bonds.